The van der Waals surface area contributed by atoms with Crippen molar-refractivity contribution in [1.82, 2.24) is 9.97 Å². The molecule has 8 rings (SSSR count). The molecule has 178 valence electrons. The molecular weight excluding hydrogens is 468 g/mol. The van der Waals surface area contributed by atoms with E-state index in [1.165, 1.54) is 0 Å². The largest absolute Gasteiger partial charge is 0.456 e. The van der Waals surface area contributed by atoms with Crippen molar-refractivity contribution in [3.05, 3.63) is 121 Å². The summed E-state index contributed by atoms with van der Waals surface area (Å²) in [4.78, 5) is 9.28. The monoisotopic (exact) mass is 488 g/mol. The molecule has 0 saturated heterocycles. The zero-order valence-electron chi connectivity index (χ0n) is 20.3. The van der Waals surface area contributed by atoms with Crippen LogP contribution in [0.3, 0.4) is 0 Å². The first-order valence-corrected chi connectivity index (χ1v) is 12.6. The van der Waals surface area contributed by atoms with Crippen LogP contribution in [-0.2, 0) is 0 Å². The minimum absolute atomic E-state index is 0.831. The minimum Gasteiger partial charge on any atom is -0.456 e. The number of furan rings is 2. The van der Waals surface area contributed by atoms with Crippen molar-refractivity contribution >= 4 is 43.9 Å². The van der Waals surface area contributed by atoms with Gasteiger partial charge in [0.05, 0.1) is 17.1 Å². The highest BCUT2D eigenvalue weighted by atomic mass is 16.3. The van der Waals surface area contributed by atoms with Crippen molar-refractivity contribution in [3.8, 4) is 33.8 Å². The molecule has 0 saturated carbocycles. The quantitative estimate of drug-likeness (QED) is 0.249. The van der Waals surface area contributed by atoms with Gasteiger partial charge in [0.2, 0.25) is 0 Å². The second-order valence-corrected chi connectivity index (χ2v) is 9.46. The molecular formula is C34H20N2O2. The summed E-state index contributed by atoms with van der Waals surface area (Å²) in [6, 6.07) is 39.2. The van der Waals surface area contributed by atoms with Crippen molar-refractivity contribution in [2.45, 2.75) is 0 Å². The van der Waals surface area contributed by atoms with E-state index in [2.05, 4.69) is 59.6 Å². The lowest BCUT2D eigenvalue weighted by Gasteiger charge is -2.07. The Labute approximate surface area is 217 Å². The predicted octanol–water partition coefficient (Wildman–Crippen LogP) is 9.28. The Morgan fingerprint density at radius 1 is 0.395 bits per heavy atom. The summed E-state index contributed by atoms with van der Waals surface area (Å²) in [5.41, 5.74) is 9.43. The van der Waals surface area contributed by atoms with Gasteiger partial charge < -0.3 is 8.83 Å². The number of aromatic nitrogens is 2. The van der Waals surface area contributed by atoms with Crippen LogP contribution in [0.5, 0.6) is 0 Å². The summed E-state index contributed by atoms with van der Waals surface area (Å²) in [5, 5.41) is 4.41. The Balaban J connectivity index is 1.19. The fourth-order valence-electron chi connectivity index (χ4n) is 5.26. The molecule has 4 aromatic carbocycles. The van der Waals surface area contributed by atoms with E-state index in [-0.39, 0.29) is 0 Å². The second-order valence-electron chi connectivity index (χ2n) is 9.46. The van der Waals surface area contributed by atoms with Gasteiger partial charge in [0.1, 0.15) is 22.3 Å². The number of rotatable bonds is 3. The van der Waals surface area contributed by atoms with Crippen LogP contribution < -0.4 is 0 Å². The van der Waals surface area contributed by atoms with Gasteiger partial charge in [0.25, 0.3) is 0 Å². The maximum Gasteiger partial charge on any atom is 0.139 e. The number of hydrogen-bond acceptors (Lipinski definition) is 4. The molecule has 38 heavy (non-hydrogen) atoms. The van der Waals surface area contributed by atoms with Gasteiger partial charge >= 0.3 is 0 Å². The first-order chi connectivity index (χ1) is 18.8. The maximum absolute atomic E-state index is 6.20. The number of fused-ring (bicyclic) bond motifs is 6. The molecule has 4 heterocycles. The van der Waals surface area contributed by atoms with Crippen LogP contribution in [0, 0.1) is 0 Å². The summed E-state index contributed by atoms with van der Waals surface area (Å²) < 4.78 is 12.3. The van der Waals surface area contributed by atoms with Crippen molar-refractivity contribution in [1.29, 1.82) is 0 Å². The topological polar surface area (TPSA) is 52.1 Å². The van der Waals surface area contributed by atoms with Gasteiger partial charge in [0.15, 0.2) is 0 Å². The van der Waals surface area contributed by atoms with Gasteiger partial charge in [-0.3, -0.25) is 4.98 Å². The van der Waals surface area contributed by atoms with Gasteiger partial charge in [-0.1, -0.05) is 60.7 Å². The van der Waals surface area contributed by atoms with E-state index >= 15 is 0 Å². The third-order valence-electron chi connectivity index (χ3n) is 7.16. The van der Waals surface area contributed by atoms with Crippen LogP contribution in [0.1, 0.15) is 0 Å². The molecule has 0 spiro atoms. The SMILES string of the molecule is c1ccc(-c2cccc(-c3ccc(-c4ccc5oc6cc7oc8ccccc8c7cc6c5c4)cc3)n2)nc1. The van der Waals surface area contributed by atoms with E-state index in [1.807, 2.05) is 60.7 Å². The van der Waals surface area contributed by atoms with Crippen LogP contribution in [0.2, 0.25) is 0 Å². The zero-order valence-corrected chi connectivity index (χ0v) is 20.3. The van der Waals surface area contributed by atoms with Crippen molar-refractivity contribution < 1.29 is 8.83 Å². The summed E-state index contributed by atoms with van der Waals surface area (Å²) in [5.74, 6) is 0. The summed E-state index contributed by atoms with van der Waals surface area (Å²) >= 11 is 0. The molecule has 4 aromatic heterocycles. The Morgan fingerprint density at radius 2 is 1.05 bits per heavy atom. The van der Waals surface area contributed by atoms with E-state index in [1.54, 1.807) is 6.20 Å². The molecule has 4 nitrogen and oxygen atoms in total. The van der Waals surface area contributed by atoms with E-state index in [9.17, 15) is 0 Å². The molecule has 0 unspecified atom stereocenters. The Hall–Kier alpha value is -5.22. The number of pyridine rings is 2. The first-order valence-electron chi connectivity index (χ1n) is 12.6. The summed E-state index contributed by atoms with van der Waals surface area (Å²) in [6.45, 7) is 0. The third kappa shape index (κ3) is 3.31. The molecule has 0 atom stereocenters. The average molecular weight is 489 g/mol. The van der Waals surface area contributed by atoms with Crippen LogP contribution in [0.4, 0.5) is 0 Å². The van der Waals surface area contributed by atoms with Crippen molar-refractivity contribution in [2.75, 3.05) is 0 Å². The third-order valence-corrected chi connectivity index (χ3v) is 7.16. The smallest absolute Gasteiger partial charge is 0.139 e. The summed E-state index contributed by atoms with van der Waals surface area (Å²) in [7, 11) is 0. The number of para-hydroxylation sites is 1. The van der Waals surface area contributed by atoms with Gasteiger partial charge in [0, 0.05) is 39.4 Å². The van der Waals surface area contributed by atoms with E-state index in [4.69, 9.17) is 13.8 Å². The Morgan fingerprint density at radius 3 is 1.89 bits per heavy atom. The highest BCUT2D eigenvalue weighted by Crippen LogP contribution is 2.38. The average Bonchev–Trinajstić information content (AvgIpc) is 3.53. The van der Waals surface area contributed by atoms with Crippen molar-refractivity contribution in [3.63, 3.8) is 0 Å². The van der Waals surface area contributed by atoms with Crippen molar-refractivity contribution in [2.24, 2.45) is 0 Å². The first kappa shape index (κ1) is 20.9. The maximum atomic E-state index is 6.20. The number of hydrogen-bond donors (Lipinski definition) is 0. The molecule has 0 bridgehead atoms. The fourth-order valence-corrected chi connectivity index (χ4v) is 5.26. The van der Waals surface area contributed by atoms with Crippen LogP contribution in [0.25, 0.3) is 77.6 Å². The predicted molar refractivity (Wildman–Crippen MR) is 153 cm³/mol. The number of benzene rings is 4. The van der Waals surface area contributed by atoms with Crippen LogP contribution in [0.15, 0.2) is 130 Å². The molecule has 0 aliphatic carbocycles. The van der Waals surface area contributed by atoms with Crippen LogP contribution in [-0.4, -0.2) is 9.97 Å². The lowest BCUT2D eigenvalue weighted by Crippen LogP contribution is -1.89. The lowest BCUT2D eigenvalue weighted by molar-refractivity contribution is 0.656. The van der Waals surface area contributed by atoms with E-state index < -0.39 is 0 Å². The molecule has 0 aliphatic heterocycles. The fraction of sp³-hybridized carbons (Fsp3) is 0. The molecule has 0 fully saturated rings. The lowest BCUT2D eigenvalue weighted by atomic mass is 10.00. The summed E-state index contributed by atoms with van der Waals surface area (Å²) in [6.07, 6.45) is 1.79. The molecule has 8 aromatic rings. The second kappa shape index (κ2) is 8.15. The van der Waals surface area contributed by atoms with Crippen LogP contribution >= 0.6 is 0 Å². The Bertz CT molecular complexity index is 2120. The minimum atomic E-state index is 0.831. The molecule has 0 N–H and O–H groups in total. The van der Waals surface area contributed by atoms with E-state index in [0.717, 1.165) is 77.6 Å². The Kier molecular flexibility index (Phi) is 4.49. The molecule has 0 amide bonds. The van der Waals surface area contributed by atoms with Gasteiger partial charge in [-0.25, -0.2) is 4.98 Å². The normalized spacial score (nSPS) is 11.7. The number of nitrogens with zero attached hydrogens (tertiary/aromatic N) is 2. The highest BCUT2D eigenvalue weighted by Gasteiger charge is 2.14. The van der Waals surface area contributed by atoms with E-state index in [0.29, 0.717) is 0 Å². The van der Waals surface area contributed by atoms with Gasteiger partial charge in [-0.15, -0.1) is 0 Å². The molecule has 0 aliphatic rings. The molecule has 0 radical (unpaired) electrons. The zero-order chi connectivity index (χ0) is 25.1. The van der Waals surface area contributed by atoms with Gasteiger partial charge in [-0.05, 0) is 59.7 Å². The highest BCUT2D eigenvalue weighted by molar-refractivity contribution is 6.15. The van der Waals surface area contributed by atoms with Gasteiger partial charge in [-0.2, -0.15) is 0 Å². The molecule has 4 heteroatoms. The standard InChI is InChI=1S/C34H20N2O2/c1-2-10-31-24(6-1)26-19-27-25-18-23(15-16-32(25)38-34(27)20-33(26)37-31)21-11-13-22(14-12-21)28-8-5-9-30(36-28)29-7-3-4-17-35-29/h1-20H.